The molecule has 2 aliphatic rings. The normalized spacial score (nSPS) is 17.8. The molecule has 0 saturated carbocycles. The number of anilines is 2. The van der Waals surface area contributed by atoms with Crippen LogP contribution in [0.3, 0.4) is 0 Å². The molecule has 46 heavy (non-hydrogen) atoms. The molecule has 3 aromatic rings. The van der Waals surface area contributed by atoms with E-state index < -0.39 is 41.0 Å². The van der Waals surface area contributed by atoms with Gasteiger partial charge in [-0.1, -0.05) is 24.0 Å². The van der Waals surface area contributed by atoms with Gasteiger partial charge in [0.05, 0.1) is 38.8 Å². The van der Waals surface area contributed by atoms with Gasteiger partial charge < -0.3 is 24.8 Å². The molecular formula is C30H30F5N3O6S2. The molecule has 0 aliphatic carbocycles. The van der Waals surface area contributed by atoms with E-state index >= 15 is 0 Å². The summed E-state index contributed by atoms with van der Waals surface area (Å²) in [6.07, 6.45) is -4.15. The first-order chi connectivity index (χ1) is 21.7. The van der Waals surface area contributed by atoms with Gasteiger partial charge in [0.2, 0.25) is 0 Å². The van der Waals surface area contributed by atoms with Crippen molar-refractivity contribution in [3.8, 4) is 17.6 Å². The van der Waals surface area contributed by atoms with E-state index in [1.165, 1.54) is 12.1 Å². The maximum atomic E-state index is 13.6. The van der Waals surface area contributed by atoms with Crippen molar-refractivity contribution in [3.63, 3.8) is 0 Å². The number of fused-ring (bicyclic) bond motifs is 1. The minimum absolute atomic E-state index is 0.0454. The van der Waals surface area contributed by atoms with Gasteiger partial charge in [-0.3, -0.25) is 4.90 Å². The number of hydrogen-bond donors (Lipinski definition) is 2. The van der Waals surface area contributed by atoms with Gasteiger partial charge in [-0.05, 0) is 42.0 Å². The second-order valence-corrected chi connectivity index (χ2v) is 13.9. The van der Waals surface area contributed by atoms with Crippen molar-refractivity contribution in [2.45, 2.75) is 49.1 Å². The number of sulfone groups is 1. The van der Waals surface area contributed by atoms with Crippen molar-refractivity contribution < 1.29 is 49.4 Å². The van der Waals surface area contributed by atoms with Crippen LogP contribution >= 0.6 is 11.3 Å². The zero-order chi connectivity index (χ0) is 33.1. The number of hydrogen-bond acceptors (Lipinski definition) is 10. The summed E-state index contributed by atoms with van der Waals surface area (Å²) in [6, 6.07) is 8.67. The number of thiophene rings is 1. The summed E-state index contributed by atoms with van der Waals surface area (Å²) >= 11 is 1.14. The number of likely N-dealkylation sites (tertiary alicyclic amines) is 1. The van der Waals surface area contributed by atoms with Crippen molar-refractivity contribution in [2.75, 3.05) is 49.7 Å². The molecule has 1 atom stereocenters. The topological polar surface area (TPSA) is 106 Å². The maximum Gasteiger partial charge on any atom is 0.508 e. The quantitative estimate of drug-likeness (QED) is 0.154. The van der Waals surface area contributed by atoms with Gasteiger partial charge in [-0.25, -0.2) is 13.2 Å². The predicted molar refractivity (Wildman–Crippen MR) is 162 cm³/mol. The molecule has 2 saturated heterocycles. The number of halogens is 5. The SMILES string of the molecule is CS(=O)(=O)c1ccc(NCC#Cc2sc3c(NC4CCN(CC5COC(=O)O5)CC4)cccc3c2CC(F)(F)F)c(OC(F)F)c1. The molecule has 2 N–H and O–H groups in total. The summed E-state index contributed by atoms with van der Waals surface area (Å²) in [6.45, 7) is -1.07. The lowest BCUT2D eigenvalue weighted by Crippen LogP contribution is -2.43. The molecule has 0 amide bonds. The second-order valence-electron chi connectivity index (χ2n) is 10.9. The zero-order valence-corrected chi connectivity index (χ0v) is 26.1. The lowest BCUT2D eigenvalue weighted by Gasteiger charge is -2.33. The van der Waals surface area contributed by atoms with E-state index in [0.717, 1.165) is 49.6 Å². The van der Waals surface area contributed by atoms with Crippen LogP contribution in [0.1, 0.15) is 23.3 Å². The average molecular weight is 688 g/mol. The third-order valence-corrected chi connectivity index (χ3v) is 9.73. The number of piperidine rings is 1. The fourth-order valence-corrected chi connectivity index (χ4v) is 7.13. The van der Waals surface area contributed by atoms with Crippen molar-refractivity contribution >= 4 is 48.8 Å². The Hall–Kier alpha value is -3.81. The van der Waals surface area contributed by atoms with Crippen LogP contribution in [0.5, 0.6) is 5.75 Å². The molecule has 1 unspecified atom stereocenters. The van der Waals surface area contributed by atoms with Crippen LogP contribution in [-0.2, 0) is 25.7 Å². The molecule has 16 heteroatoms. The second kappa shape index (κ2) is 13.9. The highest BCUT2D eigenvalue weighted by Crippen LogP contribution is 2.39. The Morgan fingerprint density at radius 3 is 2.57 bits per heavy atom. The number of nitrogens with zero attached hydrogens (tertiary/aromatic N) is 1. The Kier molecular flexibility index (Phi) is 10.1. The molecule has 5 rings (SSSR count). The fourth-order valence-electron chi connectivity index (χ4n) is 5.32. The minimum Gasteiger partial charge on any atom is -0.433 e. The molecule has 248 valence electrons. The summed E-state index contributed by atoms with van der Waals surface area (Å²) in [5, 5.41) is 6.70. The van der Waals surface area contributed by atoms with Gasteiger partial charge in [-0.15, -0.1) is 11.3 Å². The summed E-state index contributed by atoms with van der Waals surface area (Å²) in [4.78, 5) is 13.4. The van der Waals surface area contributed by atoms with E-state index in [2.05, 4.69) is 32.1 Å². The standard InChI is InChI=1S/C30H30F5N3O6S2/c1-46(40,41)20-7-8-23(25(14-20)44-28(31)32)36-11-3-6-26-22(15-30(33,34)35)21-4-2-5-24(27(21)45-26)37-18-9-12-38(13-10-18)16-19-17-42-29(39)43-19/h2,4-5,7-8,14,18-19,28,36-37H,9-13,15-17H2,1H3. The number of benzene rings is 2. The van der Waals surface area contributed by atoms with E-state index in [0.29, 0.717) is 22.3 Å². The molecular weight excluding hydrogens is 657 g/mol. The minimum atomic E-state index is -4.49. The van der Waals surface area contributed by atoms with Gasteiger partial charge in [-0.2, -0.15) is 22.0 Å². The first kappa shape index (κ1) is 33.6. The number of ether oxygens (including phenoxy) is 3. The molecule has 2 fully saturated rings. The Morgan fingerprint density at radius 1 is 1.15 bits per heavy atom. The van der Waals surface area contributed by atoms with Gasteiger partial charge in [0.15, 0.2) is 21.7 Å². The summed E-state index contributed by atoms with van der Waals surface area (Å²) in [7, 11) is -3.69. The lowest BCUT2D eigenvalue weighted by molar-refractivity contribution is -0.127. The van der Waals surface area contributed by atoms with Crippen LogP contribution in [-0.4, -0.2) is 83.4 Å². The third-order valence-electron chi connectivity index (χ3n) is 7.42. The summed E-state index contributed by atoms with van der Waals surface area (Å²) < 4.78 is 106. The van der Waals surface area contributed by atoms with Crippen LogP contribution in [0.25, 0.3) is 10.1 Å². The van der Waals surface area contributed by atoms with Crippen molar-refractivity contribution in [1.29, 1.82) is 0 Å². The van der Waals surface area contributed by atoms with Crippen LogP contribution in [0.2, 0.25) is 0 Å². The van der Waals surface area contributed by atoms with Gasteiger partial charge in [0.1, 0.15) is 6.61 Å². The maximum absolute atomic E-state index is 13.6. The van der Waals surface area contributed by atoms with Crippen LogP contribution in [0.4, 0.5) is 38.1 Å². The Bertz CT molecular complexity index is 1740. The Labute approximate surface area is 265 Å². The Morgan fingerprint density at radius 2 is 1.91 bits per heavy atom. The van der Waals surface area contributed by atoms with E-state index in [1.807, 2.05) is 6.07 Å². The molecule has 0 spiro atoms. The van der Waals surface area contributed by atoms with E-state index in [9.17, 15) is 35.2 Å². The molecule has 2 aliphatic heterocycles. The van der Waals surface area contributed by atoms with Gasteiger partial charge >= 0.3 is 18.9 Å². The van der Waals surface area contributed by atoms with E-state index in [4.69, 9.17) is 9.47 Å². The molecule has 3 heterocycles. The molecule has 1 aromatic heterocycles. The lowest BCUT2D eigenvalue weighted by atomic mass is 10.0. The highest BCUT2D eigenvalue weighted by molar-refractivity contribution is 7.90. The predicted octanol–water partition coefficient (Wildman–Crippen LogP) is 5.89. The van der Waals surface area contributed by atoms with Crippen molar-refractivity contribution in [1.82, 2.24) is 4.90 Å². The van der Waals surface area contributed by atoms with Gasteiger partial charge in [0.25, 0.3) is 0 Å². The highest BCUT2D eigenvalue weighted by Gasteiger charge is 2.32. The van der Waals surface area contributed by atoms with Crippen LogP contribution in [0, 0.1) is 11.8 Å². The van der Waals surface area contributed by atoms with E-state index in [-0.39, 0.29) is 46.3 Å². The number of carbonyl (C=O) groups excluding carboxylic acids is 1. The summed E-state index contributed by atoms with van der Waals surface area (Å²) in [5.41, 5.74) is 0.795. The van der Waals surface area contributed by atoms with Gasteiger partial charge in [0, 0.05) is 38.0 Å². The van der Waals surface area contributed by atoms with Crippen molar-refractivity contribution in [3.05, 3.63) is 46.8 Å². The number of carbonyl (C=O) groups is 1. The molecule has 0 bridgehead atoms. The van der Waals surface area contributed by atoms with Crippen LogP contribution in [0.15, 0.2) is 41.3 Å². The van der Waals surface area contributed by atoms with Crippen molar-refractivity contribution in [2.24, 2.45) is 0 Å². The fraction of sp³-hybridized carbons (Fsp3) is 0.433. The zero-order valence-electron chi connectivity index (χ0n) is 24.5. The monoisotopic (exact) mass is 687 g/mol. The molecule has 0 radical (unpaired) electrons. The Balaban J connectivity index is 1.31. The number of cyclic esters (lactones) is 2. The smallest absolute Gasteiger partial charge is 0.433 e. The summed E-state index contributed by atoms with van der Waals surface area (Å²) in [5.74, 6) is 5.16. The average Bonchev–Trinajstić information content (AvgIpc) is 3.54. The largest absolute Gasteiger partial charge is 0.508 e. The highest BCUT2D eigenvalue weighted by atomic mass is 32.2. The van der Waals surface area contributed by atoms with E-state index in [1.54, 1.807) is 12.1 Å². The molecule has 9 nitrogen and oxygen atoms in total. The number of nitrogens with one attached hydrogen (secondary N) is 2. The molecule has 2 aromatic carbocycles. The first-order valence-corrected chi connectivity index (χ1v) is 16.9. The van der Waals surface area contributed by atoms with Crippen LogP contribution < -0.4 is 15.4 Å². The number of rotatable bonds is 10. The first-order valence-electron chi connectivity index (χ1n) is 14.2. The number of alkyl halides is 5. The third kappa shape index (κ3) is 8.71.